The number of halogens is 3. The molecule has 1 aromatic heterocycles. The van der Waals surface area contributed by atoms with E-state index in [1.54, 1.807) is 6.92 Å². The molecule has 0 radical (unpaired) electrons. The second kappa shape index (κ2) is 6.32. The number of hydrogen-bond donors (Lipinski definition) is 2. The van der Waals surface area contributed by atoms with Crippen molar-refractivity contribution in [3.05, 3.63) is 23.7 Å². The Bertz CT molecular complexity index is 520. The quantitative estimate of drug-likeness (QED) is 0.844. The minimum Gasteiger partial charge on any atom is -0.463 e. The summed E-state index contributed by atoms with van der Waals surface area (Å²) in [6.07, 6.45) is -5.03. The predicted octanol–water partition coefficient (Wildman–Crippen LogP) is 3.42. The molecule has 126 valence electrons. The van der Waals surface area contributed by atoms with Crippen molar-refractivity contribution in [1.29, 1.82) is 0 Å². The van der Waals surface area contributed by atoms with Gasteiger partial charge < -0.3 is 14.8 Å². The lowest BCUT2D eigenvalue weighted by Crippen LogP contribution is -2.50. The highest BCUT2D eigenvalue weighted by Gasteiger charge is 2.58. The number of aliphatic hydroxyl groups is 1. The van der Waals surface area contributed by atoms with Gasteiger partial charge in [0.15, 0.2) is 0 Å². The number of hydrogen-bond acceptors (Lipinski definition) is 3. The maximum absolute atomic E-state index is 13.3. The highest BCUT2D eigenvalue weighted by molar-refractivity contribution is 5.78. The zero-order valence-corrected chi connectivity index (χ0v) is 13.2. The van der Waals surface area contributed by atoms with Crippen LogP contribution in [0, 0.1) is 6.92 Å². The molecular formula is C15H22F3NO3. The fraction of sp³-hybridized carbons (Fsp3) is 0.667. The molecule has 0 aliphatic heterocycles. The Morgan fingerprint density at radius 2 is 1.82 bits per heavy atom. The molecule has 7 heteroatoms. The van der Waals surface area contributed by atoms with Crippen LogP contribution in [0.15, 0.2) is 16.5 Å². The number of nitrogens with one attached hydrogen (secondary N) is 1. The van der Waals surface area contributed by atoms with Crippen LogP contribution in [0.2, 0.25) is 0 Å². The normalized spacial score (nSPS) is 15.5. The molecule has 4 nitrogen and oxygen atoms in total. The van der Waals surface area contributed by atoms with E-state index in [2.05, 4.69) is 5.32 Å². The maximum Gasteiger partial charge on any atom is 0.425 e. The predicted molar refractivity (Wildman–Crippen MR) is 75.1 cm³/mol. The first-order chi connectivity index (χ1) is 9.97. The van der Waals surface area contributed by atoms with Gasteiger partial charge in [-0.1, -0.05) is 13.8 Å². The number of alkyl halides is 3. The average molecular weight is 321 g/mol. The Morgan fingerprint density at radius 1 is 1.27 bits per heavy atom. The first-order valence-corrected chi connectivity index (χ1v) is 7.14. The summed E-state index contributed by atoms with van der Waals surface area (Å²) in [6.45, 7) is 6.87. The number of carbonyl (C=O) groups is 1. The van der Waals surface area contributed by atoms with Crippen LogP contribution in [0.3, 0.4) is 0 Å². The zero-order valence-electron chi connectivity index (χ0n) is 13.2. The highest BCUT2D eigenvalue weighted by Crippen LogP contribution is 2.42. The standard InChI is InChI=1S/C15H22F3NO3/c1-5-13(4,6-2)19-12(20)9-14(21,15(16,17)18)11-8-7-10(3)22-11/h7-8,21H,5-6,9H2,1-4H3,(H,19,20). The first kappa shape index (κ1) is 18.5. The molecule has 1 heterocycles. The molecular weight excluding hydrogens is 299 g/mol. The van der Waals surface area contributed by atoms with Gasteiger partial charge in [0.05, 0.1) is 6.42 Å². The third kappa shape index (κ3) is 3.82. The maximum atomic E-state index is 13.3. The number of aryl methyl sites for hydroxylation is 1. The molecule has 0 fully saturated rings. The lowest BCUT2D eigenvalue weighted by atomic mass is 9.92. The van der Waals surface area contributed by atoms with Crippen LogP contribution in [0.4, 0.5) is 13.2 Å². The van der Waals surface area contributed by atoms with E-state index in [-0.39, 0.29) is 5.76 Å². The van der Waals surface area contributed by atoms with Crippen molar-refractivity contribution in [2.45, 2.75) is 64.3 Å². The Hall–Kier alpha value is -1.50. The third-order valence-corrected chi connectivity index (χ3v) is 4.04. The zero-order chi connectivity index (χ0) is 17.2. The summed E-state index contributed by atoms with van der Waals surface area (Å²) < 4.78 is 44.7. The number of rotatable bonds is 6. The van der Waals surface area contributed by atoms with E-state index < -0.39 is 35.4 Å². The van der Waals surface area contributed by atoms with Crippen molar-refractivity contribution in [3.8, 4) is 0 Å². The monoisotopic (exact) mass is 321 g/mol. The van der Waals surface area contributed by atoms with Gasteiger partial charge in [-0.3, -0.25) is 4.79 Å². The van der Waals surface area contributed by atoms with Gasteiger partial charge in [-0.15, -0.1) is 0 Å². The average Bonchev–Trinajstić information content (AvgIpc) is 2.84. The largest absolute Gasteiger partial charge is 0.463 e. The SMILES string of the molecule is CCC(C)(CC)NC(=O)CC(O)(c1ccc(C)o1)C(F)(F)F. The number of furan rings is 1. The molecule has 0 aliphatic carbocycles. The third-order valence-electron chi connectivity index (χ3n) is 4.04. The molecule has 0 aromatic carbocycles. The van der Waals surface area contributed by atoms with Crippen molar-refractivity contribution in [2.24, 2.45) is 0 Å². The van der Waals surface area contributed by atoms with E-state index in [0.29, 0.717) is 12.8 Å². The van der Waals surface area contributed by atoms with Crippen molar-refractivity contribution in [1.82, 2.24) is 5.32 Å². The van der Waals surface area contributed by atoms with Gasteiger partial charge in [0, 0.05) is 5.54 Å². The van der Waals surface area contributed by atoms with Gasteiger partial charge in [-0.05, 0) is 38.8 Å². The van der Waals surface area contributed by atoms with Gasteiger partial charge in [0.25, 0.3) is 0 Å². The molecule has 0 saturated carbocycles. The van der Waals surface area contributed by atoms with Gasteiger partial charge in [0.1, 0.15) is 11.5 Å². The fourth-order valence-corrected chi connectivity index (χ4v) is 2.02. The van der Waals surface area contributed by atoms with Crippen molar-refractivity contribution < 1.29 is 27.5 Å². The Balaban J connectivity index is 3.04. The topological polar surface area (TPSA) is 62.5 Å². The second-order valence-corrected chi connectivity index (χ2v) is 5.76. The van der Waals surface area contributed by atoms with Crippen LogP contribution in [-0.4, -0.2) is 22.7 Å². The number of carbonyl (C=O) groups excluding carboxylic acids is 1. The van der Waals surface area contributed by atoms with Crippen molar-refractivity contribution in [2.75, 3.05) is 0 Å². The van der Waals surface area contributed by atoms with Gasteiger partial charge in [-0.25, -0.2) is 0 Å². The van der Waals surface area contributed by atoms with E-state index in [9.17, 15) is 23.1 Å². The van der Waals surface area contributed by atoms with E-state index in [1.807, 2.05) is 13.8 Å². The Morgan fingerprint density at radius 3 is 2.18 bits per heavy atom. The van der Waals surface area contributed by atoms with E-state index in [4.69, 9.17) is 4.42 Å². The highest BCUT2D eigenvalue weighted by atomic mass is 19.4. The Labute approximate surface area is 127 Å². The van der Waals surface area contributed by atoms with Crippen LogP contribution in [-0.2, 0) is 10.4 Å². The van der Waals surface area contributed by atoms with Gasteiger partial charge in [-0.2, -0.15) is 13.2 Å². The molecule has 1 aromatic rings. The van der Waals surface area contributed by atoms with E-state index in [0.717, 1.165) is 6.07 Å². The Kier molecular flexibility index (Phi) is 5.33. The summed E-state index contributed by atoms with van der Waals surface area (Å²) in [5, 5.41) is 12.6. The molecule has 2 N–H and O–H groups in total. The van der Waals surface area contributed by atoms with Crippen molar-refractivity contribution >= 4 is 5.91 Å². The molecule has 1 amide bonds. The molecule has 22 heavy (non-hydrogen) atoms. The van der Waals surface area contributed by atoms with Crippen LogP contribution < -0.4 is 5.32 Å². The molecule has 1 rings (SSSR count). The lowest BCUT2D eigenvalue weighted by molar-refractivity contribution is -0.273. The molecule has 0 saturated heterocycles. The number of amides is 1. The van der Waals surface area contributed by atoms with Gasteiger partial charge in [0.2, 0.25) is 11.5 Å². The lowest BCUT2D eigenvalue weighted by Gasteiger charge is -2.32. The van der Waals surface area contributed by atoms with E-state index >= 15 is 0 Å². The molecule has 1 atom stereocenters. The summed E-state index contributed by atoms with van der Waals surface area (Å²) in [6, 6.07) is 2.35. The molecule has 1 unspecified atom stereocenters. The van der Waals surface area contributed by atoms with E-state index in [1.165, 1.54) is 13.0 Å². The van der Waals surface area contributed by atoms with Crippen LogP contribution >= 0.6 is 0 Å². The molecule has 0 bridgehead atoms. The second-order valence-electron chi connectivity index (χ2n) is 5.76. The molecule has 0 spiro atoms. The smallest absolute Gasteiger partial charge is 0.425 e. The summed E-state index contributed by atoms with van der Waals surface area (Å²) >= 11 is 0. The van der Waals surface area contributed by atoms with Crippen molar-refractivity contribution in [3.63, 3.8) is 0 Å². The van der Waals surface area contributed by atoms with Gasteiger partial charge >= 0.3 is 6.18 Å². The summed E-state index contributed by atoms with van der Waals surface area (Å²) in [5.41, 5.74) is -3.95. The minimum atomic E-state index is -5.02. The minimum absolute atomic E-state index is 0.227. The summed E-state index contributed by atoms with van der Waals surface area (Å²) in [7, 11) is 0. The van der Waals surface area contributed by atoms with Crippen LogP contribution in [0.5, 0.6) is 0 Å². The van der Waals surface area contributed by atoms with Crippen LogP contribution in [0.25, 0.3) is 0 Å². The summed E-state index contributed by atoms with van der Waals surface area (Å²) in [5.74, 6) is -1.33. The molecule has 0 aliphatic rings. The fourth-order valence-electron chi connectivity index (χ4n) is 2.02. The van der Waals surface area contributed by atoms with Crippen LogP contribution in [0.1, 0.15) is 51.6 Å². The summed E-state index contributed by atoms with van der Waals surface area (Å²) in [4.78, 5) is 12.0. The first-order valence-electron chi connectivity index (χ1n) is 7.14.